The molecule has 0 amide bonds. The molecule has 0 aliphatic rings. The highest BCUT2D eigenvalue weighted by atomic mass is 32.2. The Morgan fingerprint density at radius 1 is 1.05 bits per heavy atom. The lowest BCUT2D eigenvalue weighted by Gasteiger charge is -2.09. The molecule has 1 aromatic heterocycles. The molecule has 0 radical (unpaired) electrons. The molecule has 0 aliphatic heterocycles. The van der Waals surface area contributed by atoms with Crippen LogP contribution < -0.4 is 5.14 Å². The van der Waals surface area contributed by atoms with Crippen LogP contribution in [0.4, 0.5) is 0 Å². The SMILES string of the molecule is NS(=O)(=O)c1cccc(-c2ccccc2-n2cnnn2)c1. The van der Waals surface area contributed by atoms with Crippen molar-refractivity contribution in [3.05, 3.63) is 54.9 Å². The number of sulfonamides is 1. The van der Waals surface area contributed by atoms with Crippen molar-refractivity contribution in [2.24, 2.45) is 5.14 Å². The van der Waals surface area contributed by atoms with Crippen LogP contribution in [0.3, 0.4) is 0 Å². The van der Waals surface area contributed by atoms with Crippen molar-refractivity contribution in [3.8, 4) is 16.8 Å². The third-order valence-electron chi connectivity index (χ3n) is 2.97. The smallest absolute Gasteiger partial charge is 0.225 e. The Morgan fingerprint density at radius 2 is 1.86 bits per heavy atom. The van der Waals surface area contributed by atoms with Gasteiger partial charge in [-0.05, 0) is 34.2 Å². The molecule has 0 aliphatic carbocycles. The average molecular weight is 301 g/mol. The maximum atomic E-state index is 11.5. The normalized spacial score (nSPS) is 11.5. The lowest BCUT2D eigenvalue weighted by molar-refractivity contribution is 0.598. The van der Waals surface area contributed by atoms with Gasteiger partial charge in [-0.15, -0.1) is 5.10 Å². The Bertz CT molecular complexity index is 875. The van der Waals surface area contributed by atoms with Crippen LogP contribution in [0.1, 0.15) is 0 Å². The summed E-state index contributed by atoms with van der Waals surface area (Å²) >= 11 is 0. The monoisotopic (exact) mass is 301 g/mol. The molecule has 1 heterocycles. The summed E-state index contributed by atoms with van der Waals surface area (Å²) in [6.45, 7) is 0. The summed E-state index contributed by atoms with van der Waals surface area (Å²) in [5, 5.41) is 16.2. The van der Waals surface area contributed by atoms with E-state index in [1.165, 1.54) is 23.1 Å². The van der Waals surface area contributed by atoms with E-state index >= 15 is 0 Å². The molecule has 8 heteroatoms. The Kier molecular flexibility index (Phi) is 3.24. The van der Waals surface area contributed by atoms with E-state index in [1.54, 1.807) is 12.1 Å². The van der Waals surface area contributed by atoms with Gasteiger partial charge in [0.05, 0.1) is 10.6 Å². The van der Waals surface area contributed by atoms with E-state index < -0.39 is 10.0 Å². The van der Waals surface area contributed by atoms with Gasteiger partial charge in [-0.2, -0.15) is 4.68 Å². The minimum atomic E-state index is -3.75. The zero-order valence-corrected chi connectivity index (χ0v) is 11.6. The van der Waals surface area contributed by atoms with Crippen LogP contribution in [0.25, 0.3) is 16.8 Å². The highest BCUT2D eigenvalue weighted by Gasteiger charge is 2.12. The lowest BCUT2D eigenvalue weighted by atomic mass is 10.0. The summed E-state index contributed by atoms with van der Waals surface area (Å²) < 4.78 is 24.5. The van der Waals surface area contributed by atoms with Crippen LogP contribution in [-0.2, 0) is 10.0 Å². The lowest BCUT2D eigenvalue weighted by Crippen LogP contribution is -2.12. The van der Waals surface area contributed by atoms with Gasteiger partial charge in [0.2, 0.25) is 10.0 Å². The predicted octanol–water partition coefficient (Wildman–Crippen LogP) is 0.977. The topological polar surface area (TPSA) is 104 Å². The van der Waals surface area contributed by atoms with Gasteiger partial charge in [-0.1, -0.05) is 30.3 Å². The number of rotatable bonds is 3. The summed E-state index contributed by atoms with van der Waals surface area (Å²) in [6, 6.07) is 13.8. The minimum absolute atomic E-state index is 0.0616. The van der Waals surface area contributed by atoms with Crippen molar-refractivity contribution in [2.45, 2.75) is 4.90 Å². The van der Waals surface area contributed by atoms with Gasteiger partial charge in [-0.25, -0.2) is 13.6 Å². The second-order valence-corrected chi connectivity index (χ2v) is 5.91. The number of primary sulfonamides is 1. The van der Waals surface area contributed by atoms with Gasteiger partial charge in [0.25, 0.3) is 0 Å². The maximum Gasteiger partial charge on any atom is 0.238 e. The molecule has 7 nitrogen and oxygen atoms in total. The summed E-state index contributed by atoms with van der Waals surface area (Å²) in [5.41, 5.74) is 2.26. The van der Waals surface area contributed by atoms with Gasteiger partial charge < -0.3 is 0 Å². The summed E-state index contributed by atoms with van der Waals surface area (Å²) in [6.07, 6.45) is 1.47. The third-order valence-corrected chi connectivity index (χ3v) is 3.88. The number of aromatic nitrogens is 4. The van der Waals surface area contributed by atoms with Crippen LogP contribution >= 0.6 is 0 Å². The molecule has 3 rings (SSSR count). The summed E-state index contributed by atoms with van der Waals surface area (Å²) in [4.78, 5) is 0.0616. The summed E-state index contributed by atoms with van der Waals surface area (Å²) in [5.74, 6) is 0. The quantitative estimate of drug-likeness (QED) is 0.776. The number of hydrogen-bond acceptors (Lipinski definition) is 5. The highest BCUT2D eigenvalue weighted by molar-refractivity contribution is 7.89. The molecule has 2 aromatic carbocycles. The van der Waals surface area contributed by atoms with E-state index in [1.807, 2.05) is 24.3 Å². The van der Waals surface area contributed by atoms with Crippen molar-refractivity contribution >= 4 is 10.0 Å². The second-order valence-electron chi connectivity index (χ2n) is 4.34. The zero-order chi connectivity index (χ0) is 14.9. The van der Waals surface area contributed by atoms with E-state index in [0.717, 1.165) is 11.3 Å². The highest BCUT2D eigenvalue weighted by Crippen LogP contribution is 2.27. The van der Waals surface area contributed by atoms with E-state index in [-0.39, 0.29) is 4.90 Å². The molecule has 0 saturated heterocycles. The Balaban J connectivity index is 2.18. The number of tetrazole rings is 1. The molecule has 21 heavy (non-hydrogen) atoms. The van der Waals surface area contributed by atoms with E-state index in [4.69, 9.17) is 5.14 Å². The number of nitrogens with two attached hydrogens (primary N) is 1. The van der Waals surface area contributed by atoms with Crippen molar-refractivity contribution < 1.29 is 8.42 Å². The Labute approximate surface area is 121 Å². The first-order chi connectivity index (χ1) is 10.1. The van der Waals surface area contributed by atoms with Gasteiger partial charge in [0, 0.05) is 5.56 Å². The van der Waals surface area contributed by atoms with E-state index in [2.05, 4.69) is 15.5 Å². The second kappa shape index (κ2) is 5.08. The maximum absolute atomic E-state index is 11.5. The molecule has 0 bridgehead atoms. The van der Waals surface area contributed by atoms with Crippen molar-refractivity contribution in [1.29, 1.82) is 0 Å². The zero-order valence-electron chi connectivity index (χ0n) is 10.8. The first kappa shape index (κ1) is 13.4. The molecule has 2 N–H and O–H groups in total. The molecule has 0 unspecified atom stereocenters. The van der Waals surface area contributed by atoms with Gasteiger partial charge in [0.1, 0.15) is 6.33 Å². The Hall–Kier alpha value is -2.58. The Morgan fingerprint density at radius 3 is 2.57 bits per heavy atom. The molecule has 3 aromatic rings. The van der Waals surface area contributed by atoms with Crippen LogP contribution in [0.2, 0.25) is 0 Å². The molecule has 0 fully saturated rings. The third kappa shape index (κ3) is 2.67. The van der Waals surface area contributed by atoms with Crippen LogP contribution in [-0.4, -0.2) is 28.6 Å². The molecule has 0 saturated carbocycles. The largest absolute Gasteiger partial charge is 0.238 e. The number of benzene rings is 2. The minimum Gasteiger partial charge on any atom is -0.225 e. The van der Waals surface area contributed by atoms with Crippen LogP contribution in [0.5, 0.6) is 0 Å². The van der Waals surface area contributed by atoms with Gasteiger partial charge >= 0.3 is 0 Å². The van der Waals surface area contributed by atoms with Crippen LogP contribution in [0, 0.1) is 0 Å². The van der Waals surface area contributed by atoms with Crippen molar-refractivity contribution in [3.63, 3.8) is 0 Å². The number of hydrogen-bond donors (Lipinski definition) is 1. The molecular formula is C13H11N5O2S. The molecule has 106 valence electrons. The fourth-order valence-electron chi connectivity index (χ4n) is 2.03. The first-order valence-corrected chi connectivity index (χ1v) is 7.56. The molecule has 0 spiro atoms. The van der Waals surface area contributed by atoms with Gasteiger partial charge in [-0.3, -0.25) is 0 Å². The fourth-order valence-corrected chi connectivity index (χ4v) is 2.59. The fraction of sp³-hybridized carbons (Fsp3) is 0. The molecule has 0 atom stereocenters. The van der Waals surface area contributed by atoms with Crippen molar-refractivity contribution in [1.82, 2.24) is 20.2 Å². The first-order valence-electron chi connectivity index (χ1n) is 6.01. The van der Waals surface area contributed by atoms with Crippen LogP contribution in [0.15, 0.2) is 59.8 Å². The predicted molar refractivity (Wildman–Crippen MR) is 76.0 cm³/mol. The van der Waals surface area contributed by atoms with E-state index in [0.29, 0.717) is 5.56 Å². The standard InChI is InChI=1S/C13H11N5O2S/c14-21(19,20)11-5-3-4-10(8-11)12-6-1-2-7-13(12)18-9-15-16-17-18/h1-9H,(H2,14,19,20). The average Bonchev–Trinajstić information content (AvgIpc) is 3.01. The van der Waals surface area contributed by atoms with Gasteiger partial charge in [0.15, 0.2) is 0 Å². The molecular weight excluding hydrogens is 290 g/mol. The van der Waals surface area contributed by atoms with Crippen molar-refractivity contribution in [2.75, 3.05) is 0 Å². The van der Waals surface area contributed by atoms with E-state index in [9.17, 15) is 8.42 Å². The summed E-state index contributed by atoms with van der Waals surface area (Å²) in [7, 11) is -3.75. The number of nitrogens with zero attached hydrogens (tertiary/aromatic N) is 4. The number of para-hydroxylation sites is 1.